The molecule has 0 fully saturated rings. The van der Waals surface area contributed by atoms with Crippen LogP contribution in [0.1, 0.15) is 47.2 Å². The molecule has 0 unspecified atom stereocenters. The van der Waals surface area contributed by atoms with E-state index >= 15 is 0 Å². The third kappa shape index (κ3) is 6.82. The molecule has 0 saturated carbocycles. The first-order chi connectivity index (χ1) is 21.4. The summed E-state index contributed by atoms with van der Waals surface area (Å²) >= 11 is 0. The molecule has 0 saturated heterocycles. The highest BCUT2D eigenvalue weighted by atomic mass is 16.7. The quantitative estimate of drug-likeness (QED) is 0.182. The minimum Gasteiger partial charge on any atom is -0.464 e. The zero-order valence-electron chi connectivity index (χ0n) is 24.3. The highest BCUT2D eigenvalue weighted by Gasteiger charge is 2.39. The number of rotatable bonds is 11. The van der Waals surface area contributed by atoms with Gasteiger partial charge in [-0.2, -0.15) is 0 Å². The van der Waals surface area contributed by atoms with Crippen LogP contribution in [0.5, 0.6) is 0 Å². The number of ether oxygens (including phenoxy) is 2. The van der Waals surface area contributed by atoms with Crippen LogP contribution in [0.15, 0.2) is 100 Å². The lowest BCUT2D eigenvalue weighted by molar-refractivity contribution is -0.166. The molecule has 228 valence electrons. The molecule has 3 aromatic carbocycles. The third-order valence-electron chi connectivity index (χ3n) is 7.58. The first-order valence-electron chi connectivity index (χ1n) is 14.5. The Bertz CT molecular complexity index is 1710. The van der Waals surface area contributed by atoms with E-state index in [0.29, 0.717) is 52.9 Å². The van der Waals surface area contributed by atoms with Crippen molar-refractivity contribution in [1.82, 2.24) is 5.32 Å². The summed E-state index contributed by atoms with van der Waals surface area (Å²) in [7, 11) is 0. The van der Waals surface area contributed by atoms with Gasteiger partial charge in [-0.15, -0.1) is 0 Å². The number of para-hydroxylation sites is 3. The smallest absolute Gasteiger partial charge is 0.286 e. The number of nitrogen functional groups attached to an aromatic ring is 1. The second-order valence-corrected chi connectivity index (χ2v) is 10.5. The maximum absolute atomic E-state index is 13.5. The first-order valence-corrected chi connectivity index (χ1v) is 14.5. The Morgan fingerprint density at radius 3 is 2.50 bits per heavy atom. The minimum atomic E-state index is -0.815. The van der Waals surface area contributed by atoms with Crippen LogP contribution in [-0.2, 0) is 20.8 Å². The summed E-state index contributed by atoms with van der Waals surface area (Å²) < 4.78 is 17.7. The lowest BCUT2D eigenvalue weighted by Gasteiger charge is -2.36. The molecule has 0 aliphatic carbocycles. The molecular formula is C34H35N3O7. The van der Waals surface area contributed by atoms with Crippen molar-refractivity contribution in [3.05, 3.63) is 118 Å². The van der Waals surface area contributed by atoms with E-state index < -0.39 is 18.1 Å². The Hall–Kier alpha value is -4.93. The van der Waals surface area contributed by atoms with Crippen LogP contribution in [0, 0.1) is 5.92 Å². The molecule has 2 amide bonds. The van der Waals surface area contributed by atoms with E-state index in [2.05, 4.69) is 10.6 Å². The molecule has 0 spiro atoms. The summed E-state index contributed by atoms with van der Waals surface area (Å²) in [5.74, 6) is -1.65. The number of amides is 2. The molecule has 0 radical (unpaired) electrons. The number of carbonyl (C=O) groups excluding carboxylic acids is 2. The van der Waals surface area contributed by atoms with E-state index in [4.69, 9.17) is 19.6 Å². The molecule has 5 rings (SSSR count). The lowest BCUT2D eigenvalue weighted by Crippen LogP contribution is -2.40. The van der Waals surface area contributed by atoms with Crippen LogP contribution >= 0.6 is 0 Å². The Morgan fingerprint density at radius 2 is 1.75 bits per heavy atom. The van der Waals surface area contributed by atoms with Crippen molar-refractivity contribution in [3.63, 3.8) is 0 Å². The second kappa shape index (κ2) is 14.0. The molecule has 44 heavy (non-hydrogen) atoms. The zero-order valence-corrected chi connectivity index (χ0v) is 24.3. The molecule has 4 aromatic rings. The van der Waals surface area contributed by atoms with Gasteiger partial charge < -0.3 is 35.4 Å². The number of hydrogen-bond donors (Lipinski definition) is 4. The number of allylic oxidation sites excluding steroid dienone is 1. The number of carbonyl (C=O) groups is 2. The van der Waals surface area contributed by atoms with Crippen molar-refractivity contribution in [1.29, 1.82) is 0 Å². The van der Waals surface area contributed by atoms with Crippen LogP contribution < -0.4 is 21.8 Å². The second-order valence-electron chi connectivity index (χ2n) is 10.5. The van der Waals surface area contributed by atoms with Gasteiger partial charge in [-0.1, -0.05) is 36.4 Å². The monoisotopic (exact) mass is 597 g/mol. The molecule has 10 nitrogen and oxygen atoms in total. The standard InChI is InChI=1S/C34H35N3O7/c1-2-42-34-23(9-7-17-38)25(26-20-43-29-12-6-3-8-24(29)31(26)39)18-30(44-34)33(41)36-19-21-13-15-22(16-14-21)32(40)37-28-11-5-4-10-27(28)35/h3-6,8,10-16,18,20,23,25,34,38H,2,7,9,17,19,35H2,1H3,(H,36,41)(H,37,40)/t23-,25-,34+/m0/s1. The van der Waals surface area contributed by atoms with Gasteiger partial charge in [0.25, 0.3) is 11.8 Å². The van der Waals surface area contributed by atoms with Crippen molar-refractivity contribution in [3.8, 4) is 0 Å². The summed E-state index contributed by atoms with van der Waals surface area (Å²) in [5, 5.41) is 15.6. The number of benzene rings is 3. The van der Waals surface area contributed by atoms with Crippen molar-refractivity contribution >= 4 is 34.2 Å². The fraction of sp³-hybridized carbons (Fsp3) is 0.265. The van der Waals surface area contributed by atoms with E-state index in [1.165, 1.54) is 6.26 Å². The van der Waals surface area contributed by atoms with Gasteiger partial charge in [-0.25, -0.2) is 0 Å². The maximum atomic E-state index is 13.5. The number of hydrogen-bond acceptors (Lipinski definition) is 8. The predicted molar refractivity (Wildman–Crippen MR) is 167 cm³/mol. The molecule has 5 N–H and O–H groups in total. The topological polar surface area (TPSA) is 153 Å². The van der Waals surface area contributed by atoms with Crippen molar-refractivity contribution in [2.45, 2.75) is 38.5 Å². The summed E-state index contributed by atoms with van der Waals surface area (Å²) in [6, 6.07) is 20.8. The van der Waals surface area contributed by atoms with Gasteiger partial charge in [0, 0.05) is 42.7 Å². The summed E-state index contributed by atoms with van der Waals surface area (Å²) in [5.41, 5.74) is 8.77. The maximum Gasteiger partial charge on any atom is 0.286 e. The summed E-state index contributed by atoms with van der Waals surface area (Å²) in [4.78, 5) is 39.5. The van der Waals surface area contributed by atoms with E-state index in [0.717, 1.165) is 5.56 Å². The Labute approximate surface area is 254 Å². The number of fused-ring (bicyclic) bond motifs is 1. The number of nitrogens with two attached hydrogens (primary N) is 1. The number of nitrogens with one attached hydrogen (secondary N) is 2. The van der Waals surface area contributed by atoms with Crippen LogP contribution in [0.25, 0.3) is 11.0 Å². The SMILES string of the molecule is CCO[C@@H]1OC(C(=O)NCc2ccc(C(=O)Nc3ccccc3N)cc2)=C[C@H](c2coc3ccccc3c2=O)[C@@H]1CCCO. The van der Waals surface area contributed by atoms with Gasteiger partial charge >= 0.3 is 0 Å². The van der Waals surface area contributed by atoms with Gasteiger partial charge in [-0.05, 0) is 67.8 Å². The Morgan fingerprint density at radius 1 is 1.00 bits per heavy atom. The van der Waals surface area contributed by atoms with E-state index in [9.17, 15) is 19.5 Å². The fourth-order valence-electron chi connectivity index (χ4n) is 5.29. The average molecular weight is 598 g/mol. The Kier molecular flexibility index (Phi) is 9.73. The highest BCUT2D eigenvalue weighted by molar-refractivity contribution is 6.05. The van der Waals surface area contributed by atoms with Crippen LogP contribution in [0.4, 0.5) is 11.4 Å². The minimum absolute atomic E-state index is 0.0257. The van der Waals surface area contributed by atoms with E-state index in [1.807, 2.05) is 6.92 Å². The van der Waals surface area contributed by atoms with E-state index in [1.54, 1.807) is 78.9 Å². The van der Waals surface area contributed by atoms with Crippen LogP contribution in [-0.4, -0.2) is 36.4 Å². The number of aliphatic hydroxyl groups is 1. The van der Waals surface area contributed by atoms with Gasteiger partial charge in [0.2, 0.25) is 6.29 Å². The fourth-order valence-corrected chi connectivity index (χ4v) is 5.29. The van der Waals surface area contributed by atoms with Gasteiger partial charge in [0.1, 0.15) is 5.58 Å². The molecular weight excluding hydrogens is 562 g/mol. The lowest BCUT2D eigenvalue weighted by atomic mass is 9.81. The first kappa shape index (κ1) is 30.5. The largest absolute Gasteiger partial charge is 0.464 e. The van der Waals surface area contributed by atoms with Crippen molar-refractivity contribution in [2.24, 2.45) is 5.92 Å². The van der Waals surface area contributed by atoms with Crippen molar-refractivity contribution in [2.75, 3.05) is 24.3 Å². The molecule has 1 aliphatic rings. The van der Waals surface area contributed by atoms with Crippen LogP contribution in [0.3, 0.4) is 0 Å². The zero-order chi connectivity index (χ0) is 31.1. The molecule has 2 heterocycles. The molecule has 1 aromatic heterocycles. The van der Waals surface area contributed by atoms with Gasteiger partial charge in [0.15, 0.2) is 11.2 Å². The normalized spacial score (nSPS) is 17.9. The Balaban J connectivity index is 1.34. The molecule has 3 atom stereocenters. The van der Waals surface area contributed by atoms with E-state index in [-0.39, 0.29) is 36.2 Å². The summed E-state index contributed by atoms with van der Waals surface area (Å²) in [6.45, 7) is 2.28. The molecule has 1 aliphatic heterocycles. The number of anilines is 2. The van der Waals surface area contributed by atoms with Crippen LogP contribution in [0.2, 0.25) is 0 Å². The predicted octanol–water partition coefficient (Wildman–Crippen LogP) is 4.69. The van der Waals surface area contributed by atoms with Gasteiger partial charge in [-0.3, -0.25) is 14.4 Å². The van der Waals surface area contributed by atoms with Crippen molar-refractivity contribution < 1.29 is 28.6 Å². The average Bonchev–Trinajstić information content (AvgIpc) is 3.04. The molecule has 10 heteroatoms. The van der Waals surface area contributed by atoms with Gasteiger partial charge in [0.05, 0.1) is 23.0 Å². The third-order valence-corrected chi connectivity index (χ3v) is 7.58. The molecule has 0 bridgehead atoms. The number of aliphatic hydroxyl groups excluding tert-OH is 1. The summed E-state index contributed by atoms with van der Waals surface area (Å²) in [6.07, 6.45) is 3.22. The highest BCUT2D eigenvalue weighted by Crippen LogP contribution is 2.39.